The zero-order chi connectivity index (χ0) is 13.9. The summed E-state index contributed by atoms with van der Waals surface area (Å²) < 4.78 is 0. The number of hydrogen-bond acceptors (Lipinski definition) is 3. The molecule has 4 heteroatoms. The molecule has 106 valence electrons. The number of para-hydroxylation sites is 2. The first kappa shape index (κ1) is 13.6. The van der Waals surface area contributed by atoms with Crippen LogP contribution in [0.4, 0.5) is 5.82 Å². The Balaban J connectivity index is 1.75. The molecule has 1 aliphatic rings. The van der Waals surface area contributed by atoms with Crippen molar-refractivity contribution in [3.8, 4) is 0 Å². The Bertz CT molecular complexity index is 599. The van der Waals surface area contributed by atoms with E-state index in [0.717, 1.165) is 35.5 Å². The van der Waals surface area contributed by atoms with E-state index in [0.29, 0.717) is 11.3 Å². The van der Waals surface area contributed by atoms with Crippen molar-refractivity contribution >= 4 is 28.5 Å². The van der Waals surface area contributed by atoms with Gasteiger partial charge in [0.2, 0.25) is 0 Å². The van der Waals surface area contributed by atoms with Crippen LogP contribution < -0.4 is 5.32 Å². The number of rotatable bonds is 3. The number of nitrogens with zero attached hydrogens (tertiary/aromatic N) is 2. The lowest BCUT2D eigenvalue weighted by Gasteiger charge is -2.27. The van der Waals surface area contributed by atoms with Crippen molar-refractivity contribution < 1.29 is 0 Å². The quantitative estimate of drug-likeness (QED) is 0.863. The zero-order valence-electron chi connectivity index (χ0n) is 11.8. The van der Waals surface area contributed by atoms with E-state index in [-0.39, 0.29) is 0 Å². The minimum atomic E-state index is 0.296. The molecule has 0 amide bonds. The third-order valence-corrected chi connectivity index (χ3v) is 4.67. The molecule has 0 radical (unpaired) electrons. The standard InChI is InChI=1S/C16H20ClN3/c1-11-16(18-10-12-6-2-3-7-13(12)17)20-15-9-5-4-8-14(15)19-11/h4-5,8-9,12-13H,2-3,6-7,10H2,1H3,(H,18,20). The number of halogens is 1. The zero-order valence-corrected chi connectivity index (χ0v) is 12.5. The summed E-state index contributed by atoms with van der Waals surface area (Å²) in [5.41, 5.74) is 2.83. The van der Waals surface area contributed by atoms with Crippen molar-refractivity contribution in [2.45, 2.75) is 38.0 Å². The van der Waals surface area contributed by atoms with Crippen LogP contribution in [0.5, 0.6) is 0 Å². The van der Waals surface area contributed by atoms with Crippen LogP contribution in [0.1, 0.15) is 31.4 Å². The minimum absolute atomic E-state index is 0.296. The van der Waals surface area contributed by atoms with E-state index in [4.69, 9.17) is 11.6 Å². The number of hydrogen-bond donors (Lipinski definition) is 1. The van der Waals surface area contributed by atoms with E-state index >= 15 is 0 Å². The predicted molar refractivity (Wildman–Crippen MR) is 84.4 cm³/mol. The van der Waals surface area contributed by atoms with Gasteiger partial charge in [0, 0.05) is 11.9 Å². The van der Waals surface area contributed by atoms with Crippen LogP contribution in [0, 0.1) is 12.8 Å². The number of aryl methyl sites for hydroxylation is 1. The SMILES string of the molecule is Cc1nc2ccccc2nc1NCC1CCCCC1Cl. The van der Waals surface area contributed by atoms with Crippen LogP contribution in [0.15, 0.2) is 24.3 Å². The number of alkyl halides is 1. The van der Waals surface area contributed by atoms with Gasteiger partial charge in [-0.1, -0.05) is 25.0 Å². The van der Waals surface area contributed by atoms with Gasteiger partial charge < -0.3 is 5.32 Å². The molecule has 2 atom stereocenters. The van der Waals surface area contributed by atoms with E-state index in [1.807, 2.05) is 31.2 Å². The number of benzene rings is 1. The molecule has 1 saturated carbocycles. The van der Waals surface area contributed by atoms with Crippen molar-refractivity contribution in [2.24, 2.45) is 5.92 Å². The number of aromatic nitrogens is 2. The maximum Gasteiger partial charge on any atom is 0.148 e. The summed E-state index contributed by atoms with van der Waals surface area (Å²) in [6.45, 7) is 2.89. The molecule has 2 unspecified atom stereocenters. The smallest absolute Gasteiger partial charge is 0.148 e. The van der Waals surface area contributed by atoms with E-state index in [1.54, 1.807) is 0 Å². The average Bonchev–Trinajstić information content (AvgIpc) is 2.46. The van der Waals surface area contributed by atoms with Crippen LogP contribution in [-0.2, 0) is 0 Å². The molecular weight excluding hydrogens is 270 g/mol. The predicted octanol–water partition coefficient (Wildman–Crippen LogP) is 4.15. The molecule has 3 rings (SSSR count). The lowest BCUT2D eigenvalue weighted by atomic mass is 9.89. The van der Waals surface area contributed by atoms with Crippen molar-refractivity contribution in [1.29, 1.82) is 0 Å². The summed E-state index contributed by atoms with van der Waals surface area (Å²) in [5.74, 6) is 1.43. The fraction of sp³-hybridized carbons (Fsp3) is 0.500. The van der Waals surface area contributed by atoms with Crippen LogP contribution >= 0.6 is 11.6 Å². The molecule has 0 spiro atoms. The van der Waals surface area contributed by atoms with Gasteiger partial charge in [0.05, 0.1) is 16.7 Å². The maximum absolute atomic E-state index is 6.41. The lowest BCUT2D eigenvalue weighted by molar-refractivity contribution is 0.380. The summed E-state index contributed by atoms with van der Waals surface area (Å²) in [6.07, 6.45) is 4.90. The first-order chi connectivity index (χ1) is 9.74. The van der Waals surface area contributed by atoms with E-state index in [1.165, 1.54) is 19.3 Å². The average molecular weight is 290 g/mol. The van der Waals surface area contributed by atoms with Gasteiger partial charge in [0.25, 0.3) is 0 Å². The Kier molecular flexibility index (Phi) is 4.06. The van der Waals surface area contributed by atoms with E-state index in [9.17, 15) is 0 Å². The van der Waals surface area contributed by atoms with Crippen molar-refractivity contribution in [2.75, 3.05) is 11.9 Å². The molecule has 0 bridgehead atoms. The van der Waals surface area contributed by atoms with Crippen molar-refractivity contribution in [1.82, 2.24) is 9.97 Å². The third kappa shape index (κ3) is 2.88. The van der Waals surface area contributed by atoms with Gasteiger partial charge in [-0.15, -0.1) is 11.6 Å². The highest BCUT2D eigenvalue weighted by Gasteiger charge is 2.23. The molecule has 1 aromatic carbocycles. The van der Waals surface area contributed by atoms with Gasteiger partial charge in [0.1, 0.15) is 5.82 Å². The summed E-state index contributed by atoms with van der Waals surface area (Å²) in [6, 6.07) is 7.97. The number of fused-ring (bicyclic) bond motifs is 1. The molecule has 1 N–H and O–H groups in total. The van der Waals surface area contributed by atoms with E-state index in [2.05, 4.69) is 15.3 Å². The molecule has 1 aromatic heterocycles. The molecule has 0 aliphatic heterocycles. The van der Waals surface area contributed by atoms with Crippen LogP contribution in [0.25, 0.3) is 11.0 Å². The fourth-order valence-electron chi connectivity index (χ4n) is 2.88. The first-order valence-electron chi connectivity index (χ1n) is 7.35. The Hall–Kier alpha value is -1.35. The molecule has 1 heterocycles. The van der Waals surface area contributed by atoms with Gasteiger partial charge in [-0.2, -0.15) is 0 Å². The van der Waals surface area contributed by atoms with Gasteiger partial charge in [0.15, 0.2) is 0 Å². The second-order valence-electron chi connectivity index (χ2n) is 5.59. The van der Waals surface area contributed by atoms with Crippen molar-refractivity contribution in [3.05, 3.63) is 30.0 Å². The summed E-state index contributed by atoms with van der Waals surface area (Å²) in [4.78, 5) is 9.27. The second-order valence-corrected chi connectivity index (χ2v) is 6.15. The molecule has 3 nitrogen and oxygen atoms in total. The van der Waals surface area contributed by atoms with Crippen LogP contribution in [0.3, 0.4) is 0 Å². The fourth-order valence-corrected chi connectivity index (χ4v) is 3.25. The second kappa shape index (κ2) is 5.96. The minimum Gasteiger partial charge on any atom is -0.368 e. The highest BCUT2D eigenvalue weighted by atomic mass is 35.5. The third-order valence-electron chi connectivity index (χ3n) is 4.09. The Morgan fingerprint density at radius 2 is 1.85 bits per heavy atom. The molecule has 20 heavy (non-hydrogen) atoms. The Morgan fingerprint density at radius 3 is 2.60 bits per heavy atom. The Morgan fingerprint density at radius 1 is 1.15 bits per heavy atom. The topological polar surface area (TPSA) is 37.8 Å². The highest BCUT2D eigenvalue weighted by molar-refractivity contribution is 6.20. The number of nitrogens with one attached hydrogen (secondary N) is 1. The summed E-state index contributed by atoms with van der Waals surface area (Å²) in [7, 11) is 0. The largest absolute Gasteiger partial charge is 0.368 e. The van der Waals surface area contributed by atoms with Crippen LogP contribution in [-0.4, -0.2) is 21.9 Å². The Labute approximate surface area is 124 Å². The monoisotopic (exact) mass is 289 g/mol. The maximum atomic E-state index is 6.41. The normalized spacial score (nSPS) is 22.9. The molecule has 1 fully saturated rings. The molecule has 1 aliphatic carbocycles. The van der Waals surface area contributed by atoms with Crippen molar-refractivity contribution in [3.63, 3.8) is 0 Å². The molecule has 2 aromatic rings. The highest BCUT2D eigenvalue weighted by Crippen LogP contribution is 2.29. The first-order valence-corrected chi connectivity index (χ1v) is 7.79. The van der Waals surface area contributed by atoms with Gasteiger partial charge in [-0.05, 0) is 37.8 Å². The summed E-state index contributed by atoms with van der Waals surface area (Å²) in [5, 5.41) is 3.74. The summed E-state index contributed by atoms with van der Waals surface area (Å²) >= 11 is 6.41. The van der Waals surface area contributed by atoms with Gasteiger partial charge in [-0.3, -0.25) is 0 Å². The molecule has 0 saturated heterocycles. The van der Waals surface area contributed by atoms with E-state index < -0.39 is 0 Å². The molecular formula is C16H20ClN3. The van der Waals surface area contributed by atoms with Gasteiger partial charge in [-0.25, -0.2) is 9.97 Å². The number of anilines is 1. The van der Waals surface area contributed by atoms with Gasteiger partial charge >= 0.3 is 0 Å². The van der Waals surface area contributed by atoms with Crippen LogP contribution in [0.2, 0.25) is 0 Å². The lowest BCUT2D eigenvalue weighted by Crippen LogP contribution is -2.27.